The number of hydrogen-bond donors (Lipinski definition) is 0. The first-order valence-electron chi connectivity index (χ1n) is 21.5. The fraction of sp³-hybridized carbons (Fsp3) is 0. The van der Waals surface area contributed by atoms with Crippen molar-refractivity contribution >= 4 is 70.4 Å². The van der Waals surface area contributed by atoms with Gasteiger partial charge < -0.3 is 9.47 Å². The molecule has 0 spiro atoms. The van der Waals surface area contributed by atoms with Crippen LogP contribution in [-0.2, 0) is 0 Å². The fourth-order valence-corrected chi connectivity index (χ4v) is 10.6. The number of hydrogen-bond acceptors (Lipinski definition) is 2. The summed E-state index contributed by atoms with van der Waals surface area (Å²) in [4.78, 5) is 2.44. The van der Waals surface area contributed by atoms with Gasteiger partial charge in [-0.2, -0.15) is 0 Å². The molecule has 12 rings (SSSR count). The standard InChI is InChI=1S/C60H40N2S/c1-2-17-42(18-3-1)47-21-4-5-22-48(47)49-23-6-7-24-50(49)51-25-8-12-29-56(51)61(44-36-33-41(34-37-44)43-35-38-60-55(39-43)54-28-11-15-32-59(54)63-60)45-19-16-20-46(40-45)62-57-30-13-9-26-52(57)53-27-10-14-31-58(53)62/h1-40H. The third-order valence-electron chi connectivity index (χ3n) is 12.4. The Balaban J connectivity index is 1.04. The molecule has 2 heterocycles. The molecule has 2 aromatic heterocycles. The summed E-state index contributed by atoms with van der Waals surface area (Å²) in [5, 5.41) is 5.12. The van der Waals surface area contributed by atoms with Gasteiger partial charge in [0, 0.05) is 53.6 Å². The van der Waals surface area contributed by atoms with Crippen LogP contribution in [0.3, 0.4) is 0 Å². The summed E-state index contributed by atoms with van der Waals surface area (Å²) in [6.45, 7) is 0. The van der Waals surface area contributed by atoms with Gasteiger partial charge in [-0.15, -0.1) is 11.3 Å². The van der Waals surface area contributed by atoms with Crippen LogP contribution in [0.5, 0.6) is 0 Å². The Bertz CT molecular complexity index is 3580. The highest BCUT2D eigenvalue weighted by Crippen LogP contribution is 2.46. The van der Waals surface area contributed by atoms with Crippen LogP contribution in [0, 0.1) is 0 Å². The summed E-state index contributed by atoms with van der Waals surface area (Å²) in [5.74, 6) is 0. The van der Waals surface area contributed by atoms with Crippen LogP contribution in [0.2, 0.25) is 0 Å². The van der Waals surface area contributed by atoms with Gasteiger partial charge in [0.05, 0.1) is 16.7 Å². The molecule has 10 aromatic carbocycles. The second kappa shape index (κ2) is 15.5. The first-order chi connectivity index (χ1) is 31.3. The molecule has 0 aliphatic carbocycles. The van der Waals surface area contributed by atoms with Gasteiger partial charge in [-0.05, 0) is 106 Å². The molecule has 0 radical (unpaired) electrons. The largest absolute Gasteiger partial charge is 0.310 e. The smallest absolute Gasteiger partial charge is 0.0541 e. The van der Waals surface area contributed by atoms with Crippen molar-refractivity contribution in [2.24, 2.45) is 0 Å². The molecule has 0 aliphatic rings. The molecule has 0 amide bonds. The lowest BCUT2D eigenvalue weighted by atomic mass is 9.88. The van der Waals surface area contributed by atoms with Gasteiger partial charge in [0.25, 0.3) is 0 Å². The van der Waals surface area contributed by atoms with Crippen LogP contribution in [0.15, 0.2) is 243 Å². The second-order valence-electron chi connectivity index (χ2n) is 16.1. The van der Waals surface area contributed by atoms with Crippen molar-refractivity contribution in [2.75, 3.05) is 4.90 Å². The Labute approximate surface area is 370 Å². The van der Waals surface area contributed by atoms with Crippen molar-refractivity contribution in [2.45, 2.75) is 0 Å². The first kappa shape index (κ1) is 36.8. The zero-order chi connectivity index (χ0) is 41.7. The maximum absolute atomic E-state index is 2.44. The summed E-state index contributed by atoms with van der Waals surface area (Å²) in [6, 6.07) is 88.5. The lowest BCUT2D eigenvalue weighted by Crippen LogP contribution is -2.12. The van der Waals surface area contributed by atoms with Crippen LogP contribution >= 0.6 is 11.3 Å². The summed E-state index contributed by atoms with van der Waals surface area (Å²) >= 11 is 1.86. The van der Waals surface area contributed by atoms with Crippen molar-refractivity contribution in [3.8, 4) is 50.2 Å². The van der Waals surface area contributed by atoms with E-state index in [9.17, 15) is 0 Å². The van der Waals surface area contributed by atoms with Crippen molar-refractivity contribution in [1.82, 2.24) is 4.57 Å². The van der Waals surface area contributed by atoms with E-state index in [-0.39, 0.29) is 0 Å². The minimum absolute atomic E-state index is 1.07. The van der Waals surface area contributed by atoms with E-state index in [1.807, 2.05) is 11.3 Å². The van der Waals surface area contributed by atoms with Crippen LogP contribution in [0.25, 0.3) is 92.2 Å². The molecule has 0 saturated carbocycles. The summed E-state index contributed by atoms with van der Waals surface area (Å²) in [5.41, 5.74) is 16.3. The van der Waals surface area contributed by atoms with Gasteiger partial charge in [-0.25, -0.2) is 0 Å². The number of benzene rings is 10. The fourth-order valence-electron chi connectivity index (χ4n) is 9.54. The maximum atomic E-state index is 2.44. The molecule has 0 unspecified atom stereocenters. The van der Waals surface area contributed by atoms with Crippen LogP contribution in [0.4, 0.5) is 17.1 Å². The normalized spacial score (nSPS) is 11.5. The molecule has 0 aliphatic heterocycles. The van der Waals surface area contributed by atoms with Crippen LogP contribution in [-0.4, -0.2) is 4.57 Å². The van der Waals surface area contributed by atoms with E-state index in [0.29, 0.717) is 0 Å². The van der Waals surface area contributed by atoms with Gasteiger partial charge in [0.2, 0.25) is 0 Å². The number of rotatable bonds is 8. The summed E-state index contributed by atoms with van der Waals surface area (Å²) in [6.07, 6.45) is 0. The summed E-state index contributed by atoms with van der Waals surface area (Å²) < 4.78 is 5.04. The molecule has 3 heteroatoms. The second-order valence-corrected chi connectivity index (χ2v) is 17.1. The number of anilines is 3. The Morgan fingerprint density at radius 3 is 1.57 bits per heavy atom. The van der Waals surface area contributed by atoms with Crippen molar-refractivity contribution in [3.63, 3.8) is 0 Å². The zero-order valence-electron chi connectivity index (χ0n) is 34.4. The molecule has 63 heavy (non-hydrogen) atoms. The van der Waals surface area contributed by atoms with E-state index in [1.54, 1.807) is 0 Å². The Morgan fingerprint density at radius 2 is 0.841 bits per heavy atom. The third-order valence-corrected chi connectivity index (χ3v) is 13.6. The molecule has 12 aromatic rings. The van der Waals surface area contributed by atoms with Gasteiger partial charge in [0.1, 0.15) is 0 Å². The van der Waals surface area contributed by atoms with Crippen molar-refractivity contribution in [3.05, 3.63) is 243 Å². The van der Waals surface area contributed by atoms with E-state index in [1.165, 1.54) is 80.9 Å². The van der Waals surface area contributed by atoms with Gasteiger partial charge in [0.15, 0.2) is 0 Å². The highest BCUT2D eigenvalue weighted by molar-refractivity contribution is 7.25. The van der Waals surface area contributed by atoms with Crippen molar-refractivity contribution < 1.29 is 0 Å². The topological polar surface area (TPSA) is 8.17 Å². The third kappa shape index (κ3) is 6.41. The number of aromatic nitrogens is 1. The highest BCUT2D eigenvalue weighted by atomic mass is 32.1. The Hall–Kier alpha value is -7.98. The lowest BCUT2D eigenvalue weighted by Gasteiger charge is -2.29. The Kier molecular flexibility index (Phi) is 9.06. The zero-order valence-corrected chi connectivity index (χ0v) is 35.2. The van der Waals surface area contributed by atoms with Crippen LogP contribution < -0.4 is 4.90 Å². The van der Waals surface area contributed by atoms with E-state index >= 15 is 0 Å². The SMILES string of the molecule is c1ccc(-c2ccccc2-c2ccccc2-c2ccccc2N(c2ccc(-c3ccc4sc5ccccc5c4c3)cc2)c2cccc(-n3c4ccccc4c4ccccc43)c2)cc1. The number of nitrogens with zero attached hydrogens (tertiary/aromatic N) is 2. The predicted octanol–water partition coefficient (Wildman–Crippen LogP) is 17.3. The molecule has 0 fully saturated rings. The minimum atomic E-state index is 1.07. The van der Waals surface area contributed by atoms with Crippen molar-refractivity contribution in [1.29, 1.82) is 0 Å². The quantitative estimate of drug-likeness (QED) is 0.148. The molecular weight excluding hydrogens is 781 g/mol. The van der Waals surface area contributed by atoms with E-state index in [2.05, 4.69) is 252 Å². The average Bonchev–Trinajstić information content (AvgIpc) is 3.90. The highest BCUT2D eigenvalue weighted by Gasteiger charge is 2.22. The maximum Gasteiger partial charge on any atom is 0.0541 e. The van der Waals surface area contributed by atoms with E-state index < -0.39 is 0 Å². The monoisotopic (exact) mass is 820 g/mol. The van der Waals surface area contributed by atoms with Crippen LogP contribution in [0.1, 0.15) is 0 Å². The molecule has 296 valence electrons. The van der Waals surface area contributed by atoms with Gasteiger partial charge >= 0.3 is 0 Å². The number of fused-ring (bicyclic) bond motifs is 6. The van der Waals surface area contributed by atoms with E-state index in [0.717, 1.165) is 28.3 Å². The molecule has 0 atom stereocenters. The molecular formula is C60H40N2S. The predicted molar refractivity (Wildman–Crippen MR) is 270 cm³/mol. The molecule has 0 N–H and O–H groups in total. The average molecular weight is 821 g/mol. The Morgan fingerprint density at radius 1 is 0.302 bits per heavy atom. The first-order valence-corrected chi connectivity index (χ1v) is 22.3. The van der Waals surface area contributed by atoms with Gasteiger partial charge in [-0.1, -0.05) is 176 Å². The summed E-state index contributed by atoms with van der Waals surface area (Å²) in [7, 11) is 0. The minimum Gasteiger partial charge on any atom is -0.310 e. The number of para-hydroxylation sites is 3. The molecule has 0 bridgehead atoms. The van der Waals surface area contributed by atoms with E-state index in [4.69, 9.17) is 0 Å². The lowest BCUT2D eigenvalue weighted by molar-refractivity contribution is 1.17. The number of thiophene rings is 1. The molecule has 2 nitrogen and oxygen atoms in total. The van der Waals surface area contributed by atoms with Gasteiger partial charge in [-0.3, -0.25) is 0 Å². The molecule has 0 saturated heterocycles.